The van der Waals surface area contributed by atoms with Gasteiger partial charge < -0.3 is 9.73 Å². The molecule has 0 unspecified atom stereocenters. The zero-order valence-electron chi connectivity index (χ0n) is 8.75. The molecule has 3 nitrogen and oxygen atoms in total. The monoisotopic (exact) mass is 194 g/mol. The molecule has 0 amide bonds. The molecule has 0 saturated heterocycles. The molecule has 78 valence electrons. The van der Waals surface area contributed by atoms with Crippen molar-refractivity contribution in [2.45, 2.75) is 32.1 Å². The van der Waals surface area contributed by atoms with Crippen LogP contribution >= 0.6 is 0 Å². The molecular formula is C11H18N2O. The summed E-state index contributed by atoms with van der Waals surface area (Å²) in [5.41, 5.74) is 0. The Morgan fingerprint density at radius 1 is 1.57 bits per heavy atom. The molecule has 1 heterocycles. The van der Waals surface area contributed by atoms with Gasteiger partial charge in [-0.1, -0.05) is 0 Å². The van der Waals surface area contributed by atoms with Gasteiger partial charge in [0.05, 0.1) is 6.20 Å². The lowest BCUT2D eigenvalue weighted by molar-refractivity contribution is 0.441. The minimum Gasteiger partial charge on any atom is -0.446 e. The molecule has 1 N–H and O–H groups in total. The van der Waals surface area contributed by atoms with E-state index >= 15 is 0 Å². The molecule has 1 saturated carbocycles. The predicted molar refractivity (Wildman–Crippen MR) is 55.2 cm³/mol. The largest absolute Gasteiger partial charge is 0.446 e. The molecule has 0 atom stereocenters. The van der Waals surface area contributed by atoms with Crippen molar-refractivity contribution in [2.24, 2.45) is 5.92 Å². The number of hydrogen-bond donors (Lipinski definition) is 1. The zero-order valence-corrected chi connectivity index (χ0v) is 8.75. The van der Waals surface area contributed by atoms with Crippen LogP contribution in [0.2, 0.25) is 0 Å². The topological polar surface area (TPSA) is 38.1 Å². The number of hydrogen-bond acceptors (Lipinski definition) is 3. The van der Waals surface area contributed by atoms with Crippen molar-refractivity contribution in [1.82, 2.24) is 10.3 Å². The van der Waals surface area contributed by atoms with Crippen LogP contribution in [0.25, 0.3) is 0 Å². The van der Waals surface area contributed by atoms with Crippen LogP contribution in [0.15, 0.2) is 10.6 Å². The summed E-state index contributed by atoms with van der Waals surface area (Å²) < 4.78 is 5.64. The summed E-state index contributed by atoms with van der Waals surface area (Å²) in [4.78, 5) is 4.27. The summed E-state index contributed by atoms with van der Waals surface area (Å²) in [5, 5.41) is 3.12. The standard InChI is InChI=1S/C11H18N2O/c1-12-6-2-3-11-13-8-10(14-11)7-9-4-5-9/h8-9,12H,2-7H2,1H3. The minimum absolute atomic E-state index is 0.883. The summed E-state index contributed by atoms with van der Waals surface area (Å²) in [5.74, 6) is 2.86. The van der Waals surface area contributed by atoms with Gasteiger partial charge in [-0.05, 0) is 38.8 Å². The van der Waals surface area contributed by atoms with Crippen LogP contribution in [0.5, 0.6) is 0 Å². The number of nitrogens with zero attached hydrogens (tertiary/aromatic N) is 1. The SMILES string of the molecule is CNCCCc1ncc(CC2CC2)o1. The van der Waals surface area contributed by atoms with Crippen LogP contribution in [-0.2, 0) is 12.8 Å². The second-order valence-electron chi connectivity index (χ2n) is 4.07. The summed E-state index contributed by atoms with van der Waals surface area (Å²) in [6.45, 7) is 1.03. The van der Waals surface area contributed by atoms with Crippen molar-refractivity contribution in [3.05, 3.63) is 17.8 Å². The van der Waals surface area contributed by atoms with Crippen LogP contribution in [0.3, 0.4) is 0 Å². The lowest BCUT2D eigenvalue weighted by atomic mass is 10.2. The van der Waals surface area contributed by atoms with Crippen LogP contribution in [0.4, 0.5) is 0 Å². The Balaban J connectivity index is 1.76. The average Bonchev–Trinajstić information content (AvgIpc) is 2.87. The van der Waals surface area contributed by atoms with Gasteiger partial charge in [-0.2, -0.15) is 0 Å². The third-order valence-corrected chi connectivity index (χ3v) is 2.61. The zero-order chi connectivity index (χ0) is 9.80. The molecule has 1 aromatic rings. The van der Waals surface area contributed by atoms with Gasteiger partial charge in [0.15, 0.2) is 5.89 Å². The summed E-state index contributed by atoms with van der Waals surface area (Å²) in [7, 11) is 1.97. The second-order valence-corrected chi connectivity index (χ2v) is 4.07. The minimum atomic E-state index is 0.883. The molecule has 3 heteroatoms. The van der Waals surface area contributed by atoms with Crippen LogP contribution in [0.1, 0.15) is 30.9 Å². The van der Waals surface area contributed by atoms with Gasteiger partial charge in [0.25, 0.3) is 0 Å². The predicted octanol–water partition coefficient (Wildman–Crippen LogP) is 1.78. The third-order valence-electron chi connectivity index (χ3n) is 2.61. The fraction of sp³-hybridized carbons (Fsp3) is 0.727. The average molecular weight is 194 g/mol. The Labute approximate surface area is 84.9 Å². The maximum Gasteiger partial charge on any atom is 0.194 e. The van der Waals surface area contributed by atoms with Crippen molar-refractivity contribution in [1.29, 1.82) is 0 Å². The van der Waals surface area contributed by atoms with Gasteiger partial charge in [0.2, 0.25) is 0 Å². The highest BCUT2D eigenvalue weighted by Crippen LogP contribution is 2.32. The molecular weight excluding hydrogens is 176 g/mol. The first-order valence-corrected chi connectivity index (χ1v) is 5.46. The summed E-state index contributed by atoms with van der Waals surface area (Å²) in [6, 6.07) is 0. The number of rotatable bonds is 6. The molecule has 1 fully saturated rings. The summed E-state index contributed by atoms with van der Waals surface area (Å²) in [6.07, 6.45) is 7.78. The quantitative estimate of drug-likeness (QED) is 0.701. The molecule has 0 aromatic carbocycles. The van der Waals surface area contributed by atoms with Gasteiger partial charge >= 0.3 is 0 Å². The second kappa shape index (κ2) is 4.60. The van der Waals surface area contributed by atoms with Gasteiger partial charge in [-0.3, -0.25) is 0 Å². The Morgan fingerprint density at radius 3 is 3.14 bits per heavy atom. The van der Waals surface area contributed by atoms with E-state index in [-0.39, 0.29) is 0 Å². The van der Waals surface area contributed by atoms with Crippen molar-refractivity contribution in [3.8, 4) is 0 Å². The van der Waals surface area contributed by atoms with E-state index in [1.807, 2.05) is 13.2 Å². The van der Waals surface area contributed by atoms with E-state index in [1.165, 1.54) is 12.8 Å². The first-order valence-electron chi connectivity index (χ1n) is 5.46. The molecule has 0 bridgehead atoms. The van der Waals surface area contributed by atoms with Gasteiger partial charge in [-0.15, -0.1) is 0 Å². The highest BCUT2D eigenvalue weighted by molar-refractivity contribution is 4.98. The molecule has 1 aliphatic rings. The van der Waals surface area contributed by atoms with Crippen molar-refractivity contribution < 1.29 is 4.42 Å². The van der Waals surface area contributed by atoms with Crippen molar-refractivity contribution in [2.75, 3.05) is 13.6 Å². The normalized spacial score (nSPS) is 16.1. The summed E-state index contributed by atoms with van der Waals surface area (Å²) >= 11 is 0. The van der Waals surface area contributed by atoms with Crippen LogP contribution in [-0.4, -0.2) is 18.6 Å². The molecule has 0 radical (unpaired) electrons. The lowest BCUT2D eigenvalue weighted by Crippen LogP contribution is -2.08. The highest BCUT2D eigenvalue weighted by atomic mass is 16.4. The number of aromatic nitrogens is 1. The highest BCUT2D eigenvalue weighted by Gasteiger charge is 2.23. The van der Waals surface area contributed by atoms with E-state index in [4.69, 9.17) is 4.42 Å². The van der Waals surface area contributed by atoms with Gasteiger partial charge in [0, 0.05) is 12.8 Å². The molecule has 14 heavy (non-hydrogen) atoms. The Hall–Kier alpha value is -0.830. The van der Waals surface area contributed by atoms with E-state index in [1.54, 1.807) is 0 Å². The van der Waals surface area contributed by atoms with Crippen molar-refractivity contribution >= 4 is 0 Å². The first kappa shape index (κ1) is 9.71. The number of aryl methyl sites for hydroxylation is 1. The van der Waals surface area contributed by atoms with Crippen LogP contribution in [0, 0.1) is 5.92 Å². The molecule has 0 spiro atoms. The first-order chi connectivity index (χ1) is 6.88. The van der Waals surface area contributed by atoms with Crippen LogP contribution < -0.4 is 5.32 Å². The van der Waals surface area contributed by atoms with E-state index in [2.05, 4.69) is 10.3 Å². The molecule has 2 rings (SSSR count). The van der Waals surface area contributed by atoms with E-state index in [0.717, 1.165) is 43.4 Å². The van der Waals surface area contributed by atoms with Gasteiger partial charge in [0.1, 0.15) is 5.76 Å². The Bertz CT molecular complexity index is 279. The smallest absolute Gasteiger partial charge is 0.194 e. The maximum atomic E-state index is 5.64. The third kappa shape index (κ3) is 2.84. The number of nitrogens with one attached hydrogen (secondary N) is 1. The fourth-order valence-corrected chi connectivity index (χ4v) is 1.58. The van der Waals surface area contributed by atoms with Crippen molar-refractivity contribution in [3.63, 3.8) is 0 Å². The Kier molecular flexibility index (Phi) is 3.19. The number of oxazole rings is 1. The van der Waals surface area contributed by atoms with E-state index in [0.29, 0.717) is 0 Å². The molecule has 0 aliphatic heterocycles. The van der Waals surface area contributed by atoms with E-state index < -0.39 is 0 Å². The molecule has 1 aromatic heterocycles. The maximum absolute atomic E-state index is 5.64. The Morgan fingerprint density at radius 2 is 2.43 bits per heavy atom. The molecule has 1 aliphatic carbocycles. The van der Waals surface area contributed by atoms with Gasteiger partial charge in [-0.25, -0.2) is 4.98 Å². The lowest BCUT2D eigenvalue weighted by Gasteiger charge is -1.95. The van der Waals surface area contributed by atoms with E-state index in [9.17, 15) is 0 Å². The fourth-order valence-electron chi connectivity index (χ4n) is 1.58.